The van der Waals surface area contributed by atoms with Crippen molar-refractivity contribution >= 4 is 40.0 Å². The van der Waals surface area contributed by atoms with Gasteiger partial charge in [-0.2, -0.15) is 0 Å². The number of benzene rings is 2. The van der Waals surface area contributed by atoms with Crippen LogP contribution in [0.3, 0.4) is 0 Å². The van der Waals surface area contributed by atoms with Gasteiger partial charge < -0.3 is 5.32 Å². The number of aromatic amines is 1. The lowest BCUT2D eigenvalue weighted by atomic mass is 10.1. The highest BCUT2D eigenvalue weighted by atomic mass is 16.6. The maximum absolute atomic E-state index is 12.7. The molecule has 0 unspecified atom stereocenters. The zero-order valence-electron chi connectivity index (χ0n) is 16.0. The number of imidazole rings is 1. The van der Waals surface area contributed by atoms with Gasteiger partial charge in [-0.1, -0.05) is 24.3 Å². The number of amides is 1. The summed E-state index contributed by atoms with van der Waals surface area (Å²) in [5, 5.41) is 24.6. The Hall–Kier alpha value is -4.67. The van der Waals surface area contributed by atoms with Gasteiger partial charge >= 0.3 is 0 Å². The van der Waals surface area contributed by atoms with Crippen LogP contribution in [-0.4, -0.2) is 25.4 Å². The molecule has 1 aliphatic heterocycles. The number of nitro benzene ring substituents is 1. The molecule has 0 spiro atoms. The van der Waals surface area contributed by atoms with Crippen LogP contribution < -0.4 is 16.1 Å². The van der Waals surface area contributed by atoms with Crippen molar-refractivity contribution in [1.82, 2.24) is 14.6 Å². The van der Waals surface area contributed by atoms with E-state index in [0.717, 1.165) is 0 Å². The summed E-state index contributed by atoms with van der Waals surface area (Å²) < 4.78 is 1.45. The maximum Gasteiger partial charge on any atom is 0.274 e. The molecule has 0 saturated heterocycles. The molecule has 0 radical (unpaired) electrons. The second-order valence-electron chi connectivity index (χ2n) is 6.85. The van der Waals surface area contributed by atoms with Crippen LogP contribution in [0.25, 0.3) is 11.2 Å². The van der Waals surface area contributed by atoms with Crippen molar-refractivity contribution in [1.29, 1.82) is 0 Å². The maximum atomic E-state index is 12.7. The number of nitro groups is 1. The number of anilines is 1. The zero-order valence-corrected chi connectivity index (χ0v) is 16.0. The van der Waals surface area contributed by atoms with Gasteiger partial charge in [0.1, 0.15) is 0 Å². The Morgan fingerprint density at radius 1 is 1.10 bits per heavy atom. The fourth-order valence-electron chi connectivity index (χ4n) is 3.51. The van der Waals surface area contributed by atoms with Crippen molar-refractivity contribution in [3.8, 4) is 0 Å². The normalized spacial score (nSPS) is 14.9. The largest absolute Gasteiger partial charge is 0.321 e. The van der Waals surface area contributed by atoms with E-state index < -0.39 is 10.5 Å². The average molecular weight is 415 g/mol. The molecule has 2 N–H and O–H groups in total. The van der Waals surface area contributed by atoms with Crippen LogP contribution in [0.4, 0.5) is 22.9 Å². The minimum Gasteiger partial charge on any atom is -0.321 e. The minimum absolute atomic E-state index is 0.106. The van der Waals surface area contributed by atoms with Crippen LogP contribution in [-0.2, 0) is 4.79 Å². The Bertz CT molecular complexity index is 1550. The minimum atomic E-state index is -0.520. The van der Waals surface area contributed by atoms with E-state index in [0.29, 0.717) is 16.9 Å². The lowest BCUT2D eigenvalue weighted by Crippen LogP contribution is -2.27. The lowest BCUT2D eigenvalue weighted by molar-refractivity contribution is -0.384. The van der Waals surface area contributed by atoms with E-state index in [4.69, 9.17) is 0 Å². The molecule has 1 aliphatic rings. The van der Waals surface area contributed by atoms with Crippen molar-refractivity contribution in [2.24, 2.45) is 10.2 Å². The number of nitrogens with one attached hydrogen (secondary N) is 2. The first kappa shape index (κ1) is 18.4. The summed E-state index contributed by atoms with van der Waals surface area (Å²) in [6.07, 6.45) is 0. The number of azo groups is 1. The van der Waals surface area contributed by atoms with Gasteiger partial charge in [0.05, 0.1) is 27.1 Å². The van der Waals surface area contributed by atoms with E-state index >= 15 is 0 Å². The number of carbonyl (C=O) groups is 1. The summed E-state index contributed by atoms with van der Waals surface area (Å²) in [7, 11) is 0. The van der Waals surface area contributed by atoms with Crippen molar-refractivity contribution in [2.45, 2.75) is 6.92 Å². The van der Waals surface area contributed by atoms with Crippen LogP contribution >= 0.6 is 0 Å². The molecule has 4 aromatic rings. The van der Waals surface area contributed by atoms with Gasteiger partial charge in [0.2, 0.25) is 0 Å². The number of para-hydroxylation sites is 1. The monoisotopic (exact) mass is 415 g/mol. The molecule has 11 heteroatoms. The standard InChI is InChI=1S/C20H13N7O4/c1-10-17(24-23-11-5-4-6-12(9-11)27(30)31)22-18-16(20(29)25-26(10)18)15-13-7-2-3-8-14(13)21-19(15)28/h2-9H,1H3,(H,21,28)(H,25,29)/b16-15+,24-23?. The molecule has 0 bridgehead atoms. The molecule has 11 nitrogen and oxygen atoms in total. The molecule has 0 aliphatic carbocycles. The van der Waals surface area contributed by atoms with Gasteiger partial charge in [-0.3, -0.25) is 24.8 Å². The predicted molar refractivity (Wildman–Crippen MR) is 111 cm³/mol. The highest BCUT2D eigenvalue weighted by molar-refractivity contribution is 6.31. The van der Waals surface area contributed by atoms with Crippen LogP contribution in [0.15, 0.2) is 63.6 Å². The molecular weight excluding hydrogens is 402 g/mol. The van der Waals surface area contributed by atoms with Crippen LogP contribution in [0.1, 0.15) is 11.3 Å². The molecule has 152 valence electrons. The third-order valence-electron chi connectivity index (χ3n) is 4.97. The highest BCUT2D eigenvalue weighted by Gasteiger charge is 2.27. The summed E-state index contributed by atoms with van der Waals surface area (Å²) >= 11 is 0. The Labute approximate surface area is 172 Å². The van der Waals surface area contributed by atoms with Crippen LogP contribution in [0, 0.1) is 17.0 Å². The van der Waals surface area contributed by atoms with Gasteiger partial charge in [-0.15, -0.1) is 10.2 Å². The SMILES string of the molecule is Cc1c(N=Nc2cccc([N+](=O)[O-])c2)nc2/c(=C3\C(=O)Nc4ccccc43)c(=O)[nH]n12. The summed E-state index contributed by atoms with van der Waals surface area (Å²) in [6, 6.07) is 12.8. The van der Waals surface area contributed by atoms with Crippen molar-refractivity contribution in [3.63, 3.8) is 0 Å². The number of rotatable bonds is 3. The van der Waals surface area contributed by atoms with E-state index in [-0.39, 0.29) is 39.5 Å². The van der Waals surface area contributed by atoms with E-state index in [1.165, 1.54) is 22.7 Å². The van der Waals surface area contributed by atoms with Gasteiger partial charge in [0.15, 0.2) is 11.5 Å². The third-order valence-corrected chi connectivity index (χ3v) is 4.97. The molecule has 0 saturated carbocycles. The molecular formula is C20H13N7O4. The first-order valence-corrected chi connectivity index (χ1v) is 9.16. The Morgan fingerprint density at radius 3 is 2.71 bits per heavy atom. The fraction of sp³-hybridized carbons (Fsp3) is 0.0500. The number of non-ortho nitro benzene ring substituents is 1. The molecule has 2 aromatic heterocycles. The van der Waals surface area contributed by atoms with Crippen molar-refractivity contribution in [2.75, 3.05) is 5.32 Å². The van der Waals surface area contributed by atoms with Gasteiger partial charge in [-0.05, 0) is 19.1 Å². The number of nitrogens with zero attached hydrogens (tertiary/aromatic N) is 5. The van der Waals surface area contributed by atoms with Crippen molar-refractivity contribution < 1.29 is 9.72 Å². The van der Waals surface area contributed by atoms with Gasteiger partial charge in [0.25, 0.3) is 17.2 Å². The first-order valence-electron chi connectivity index (χ1n) is 9.16. The topological polar surface area (TPSA) is 147 Å². The summed E-state index contributed by atoms with van der Waals surface area (Å²) in [5.74, 6) is -0.175. The molecule has 0 fully saturated rings. The lowest BCUT2D eigenvalue weighted by Gasteiger charge is -1.94. The van der Waals surface area contributed by atoms with Gasteiger partial charge in [0, 0.05) is 23.4 Å². The Morgan fingerprint density at radius 2 is 1.90 bits per heavy atom. The van der Waals surface area contributed by atoms with E-state index in [1.54, 1.807) is 37.3 Å². The number of H-pyrrole nitrogens is 1. The predicted octanol–water partition coefficient (Wildman–Crippen LogP) is 2.52. The average Bonchev–Trinajstić information content (AvgIpc) is 3.36. The smallest absolute Gasteiger partial charge is 0.274 e. The third kappa shape index (κ3) is 2.87. The number of aromatic nitrogens is 3. The second kappa shape index (κ2) is 6.69. The Kier molecular flexibility index (Phi) is 3.97. The van der Waals surface area contributed by atoms with E-state index in [2.05, 4.69) is 25.6 Å². The summed E-state index contributed by atoms with van der Waals surface area (Å²) in [4.78, 5) is 40.0. The quantitative estimate of drug-likeness (QED) is 0.300. The molecule has 2 aromatic carbocycles. The van der Waals surface area contributed by atoms with E-state index in [1.807, 2.05) is 0 Å². The number of aryl methyl sites for hydroxylation is 1. The molecule has 5 rings (SSSR count). The fourth-order valence-corrected chi connectivity index (χ4v) is 3.51. The highest BCUT2D eigenvalue weighted by Crippen LogP contribution is 2.30. The molecule has 31 heavy (non-hydrogen) atoms. The van der Waals surface area contributed by atoms with Gasteiger partial charge in [-0.25, -0.2) is 9.50 Å². The Balaban J connectivity index is 1.67. The van der Waals surface area contributed by atoms with E-state index in [9.17, 15) is 19.7 Å². The molecule has 1 amide bonds. The van der Waals surface area contributed by atoms with Crippen molar-refractivity contribution in [3.05, 3.63) is 85.5 Å². The van der Waals surface area contributed by atoms with Crippen LogP contribution in [0.5, 0.6) is 0 Å². The number of hydrogen-bond donors (Lipinski definition) is 2. The number of hydrogen-bond acceptors (Lipinski definition) is 7. The molecule has 3 heterocycles. The number of fused-ring (bicyclic) bond motifs is 2. The molecule has 0 atom stereocenters. The van der Waals surface area contributed by atoms with Crippen LogP contribution in [0.2, 0.25) is 0 Å². The summed E-state index contributed by atoms with van der Waals surface area (Å²) in [6.45, 7) is 1.69. The zero-order chi connectivity index (χ0) is 21.7. The second-order valence-corrected chi connectivity index (χ2v) is 6.85. The number of carbonyl (C=O) groups excluding carboxylic acids is 1. The summed E-state index contributed by atoms with van der Waals surface area (Å²) in [5.41, 5.74) is 1.95. The first-order chi connectivity index (χ1) is 14.9.